The zero-order chi connectivity index (χ0) is 14.1. The van der Waals surface area contributed by atoms with E-state index in [9.17, 15) is 9.90 Å². The van der Waals surface area contributed by atoms with Crippen molar-refractivity contribution < 1.29 is 9.90 Å². The molecule has 0 saturated carbocycles. The number of likely N-dealkylation sites (tertiary alicyclic amines) is 1. The number of piperidine rings is 1. The van der Waals surface area contributed by atoms with Gasteiger partial charge in [-0.15, -0.1) is 0 Å². The van der Waals surface area contributed by atoms with Crippen molar-refractivity contribution in [2.75, 3.05) is 13.1 Å². The Hall–Kier alpha value is -1.35. The highest BCUT2D eigenvalue weighted by molar-refractivity contribution is 5.77. The van der Waals surface area contributed by atoms with Crippen LogP contribution < -0.4 is 0 Å². The van der Waals surface area contributed by atoms with E-state index in [1.54, 1.807) is 0 Å². The highest BCUT2D eigenvalue weighted by Crippen LogP contribution is 2.35. The fourth-order valence-corrected chi connectivity index (χ4v) is 3.47. The summed E-state index contributed by atoms with van der Waals surface area (Å²) in [5.41, 5.74) is 2.75. The predicted octanol–water partition coefficient (Wildman–Crippen LogP) is 2.34. The standard InChI is InChI=1S/C17H23NO2/c1-12-8-9-18(11-16(12)19)17(20)10-14-7-6-13-4-2-3-5-15(13)14/h2-5,12,14,16,19H,6-11H2,1H3. The van der Waals surface area contributed by atoms with Gasteiger partial charge in [-0.05, 0) is 42.2 Å². The topological polar surface area (TPSA) is 40.5 Å². The van der Waals surface area contributed by atoms with Gasteiger partial charge < -0.3 is 10.0 Å². The summed E-state index contributed by atoms with van der Waals surface area (Å²) in [7, 11) is 0. The highest BCUT2D eigenvalue weighted by Gasteiger charge is 2.30. The van der Waals surface area contributed by atoms with Crippen molar-refractivity contribution in [2.24, 2.45) is 5.92 Å². The van der Waals surface area contributed by atoms with Gasteiger partial charge in [0.05, 0.1) is 6.10 Å². The lowest BCUT2D eigenvalue weighted by atomic mass is 9.93. The smallest absolute Gasteiger partial charge is 0.223 e. The van der Waals surface area contributed by atoms with Gasteiger partial charge in [0, 0.05) is 19.5 Å². The van der Waals surface area contributed by atoms with Crippen LogP contribution >= 0.6 is 0 Å². The molecule has 1 amide bonds. The van der Waals surface area contributed by atoms with Crippen molar-refractivity contribution in [2.45, 2.75) is 44.6 Å². The Morgan fingerprint density at radius 2 is 2.15 bits per heavy atom. The van der Waals surface area contributed by atoms with Gasteiger partial charge in [-0.2, -0.15) is 0 Å². The monoisotopic (exact) mass is 273 g/mol. The molecular weight excluding hydrogens is 250 g/mol. The van der Waals surface area contributed by atoms with Crippen LogP contribution in [-0.2, 0) is 11.2 Å². The molecule has 1 heterocycles. The first-order valence-electron chi connectivity index (χ1n) is 7.69. The molecule has 3 atom stereocenters. The van der Waals surface area contributed by atoms with Crippen LogP contribution in [-0.4, -0.2) is 35.1 Å². The number of hydrogen-bond acceptors (Lipinski definition) is 2. The lowest BCUT2D eigenvalue weighted by molar-refractivity contribution is -0.135. The third kappa shape index (κ3) is 2.59. The van der Waals surface area contributed by atoms with E-state index >= 15 is 0 Å². The van der Waals surface area contributed by atoms with Crippen molar-refractivity contribution in [3.8, 4) is 0 Å². The van der Waals surface area contributed by atoms with Crippen LogP contribution in [0.2, 0.25) is 0 Å². The lowest BCUT2D eigenvalue weighted by Crippen LogP contribution is -2.46. The summed E-state index contributed by atoms with van der Waals surface area (Å²) in [5.74, 6) is 0.888. The van der Waals surface area contributed by atoms with E-state index in [-0.39, 0.29) is 12.0 Å². The molecule has 3 unspecified atom stereocenters. The van der Waals surface area contributed by atoms with Gasteiger partial charge in [0.1, 0.15) is 0 Å². The number of carbonyl (C=O) groups excluding carboxylic acids is 1. The summed E-state index contributed by atoms with van der Waals surface area (Å²) in [6, 6.07) is 8.47. The number of aliphatic hydroxyl groups excluding tert-OH is 1. The molecule has 1 aromatic rings. The Labute approximate surface area is 120 Å². The first-order valence-corrected chi connectivity index (χ1v) is 7.69. The summed E-state index contributed by atoms with van der Waals surface area (Å²) in [4.78, 5) is 14.3. The molecule has 1 aromatic carbocycles. The average molecular weight is 273 g/mol. The maximum absolute atomic E-state index is 12.4. The Morgan fingerprint density at radius 3 is 2.95 bits per heavy atom. The molecule has 0 spiro atoms. The number of nitrogens with zero attached hydrogens (tertiary/aromatic N) is 1. The first kappa shape index (κ1) is 13.6. The summed E-state index contributed by atoms with van der Waals surface area (Å²) in [6.07, 6.45) is 3.32. The third-order valence-corrected chi connectivity index (χ3v) is 4.95. The second-order valence-electron chi connectivity index (χ2n) is 6.31. The van der Waals surface area contributed by atoms with Crippen LogP contribution in [0.3, 0.4) is 0 Å². The molecule has 3 rings (SSSR count). The number of rotatable bonds is 2. The number of aliphatic hydroxyl groups is 1. The lowest BCUT2D eigenvalue weighted by Gasteiger charge is -2.34. The van der Waals surface area contributed by atoms with E-state index < -0.39 is 0 Å². The maximum Gasteiger partial charge on any atom is 0.223 e. The van der Waals surface area contributed by atoms with E-state index in [0.717, 1.165) is 25.8 Å². The highest BCUT2D eigenvalue weighted by atomic mass is 16.3. The van der Waals surface area contributed by atoms with Gasteiger partial charge >= 0.3 is 0 Å². The minimum absolute atomic E-state index is 0.206. The van der Waals surface area contributed by atoms with E-state index in [0.29, 0.717) is 24.8 Å². The predicted molar refractivity (Wildman–Crippen MR) is 78.5 cm³/mol. The molecule has 20 heavy (non-hydrogen) atoms. The van der Waals surface area contributed by atoms with Gasteiger partial charge in [0.15, 0.2) is 0 Å². The first-order chi connectivity index (χ1) is 9.65. The largest absolute Gasteiger partial charge is 0.391 e. The van der Waals surface area contributed by atoms with E-state index in [2.05, 4.69) is 31.2 Å². The van der Waals surface area contributed by atoms with Crippen molar-refractivity contribution in [1.82, 2.24) is 4.90 Å². The molecule has 0 bridgehead atoms. The van der Waals surface area contributed by atoms with Crippen LogP contribution in [0.4, 0.5) is 0 Å². The molecular formula is C17H23NO2. The Kier molecular flexibility index (Phi) is 3.79. The molecule has 1 saturated heterocycles. The number of hydrogen-bond donors (Lipinski definition) is 1. The molecule has 1 aliphatic heterocycles. The second kappa shape index (κ2) is 5.57. The van der Waals surface area contributed by atoms with Crippen LogP contribution in [0.5, 0.6) is 0 Å². The summed E-state index contributed by atoms with van der Waals surface area (Å²) < 4.78 is 0. The SMILES string of the molecule is CC1CCN(C(=O)CC2CCc3ccccc32)CC1O. The van der Waals surface area contributed by atoms with Gasteiger partial charge in [-0.25, -0.2) is 0 Å². The quantitative estimate of drug-likeness (QED) is 0.898. The van der Waals surface area contributed by atoms with Crippen molar-refractivity contribution in [3.63, 3.8) is 0 Å². The van der Waals surface area contributed by atoms with Gasteiger partial charge in [-0.3, -0.25) is 4.79 Å². The fourth-order valence-electron chi connectivity index (χ4n) is 3.47. The molecule has 1 aliphatic carbocycles. The van der Waals surface area contributed by atoms with E-state index in [1.165, 1.54) is 11.1 Å². The molecule has 3 heteroatoms. The zero-order valence-corrected chi connectivity index (χ0v) is 12.1. The average Bonchev–Trinajstić information content (AvgIpc) is 2.85. The number of aryl methyl sites for hydroxylation is 1. The molecule has 108 valence electrons. The molecule has 1 fully saturated rings. The van der Waals surface area contributed by atoms with Crippen molar-refractivity contribution in [3.05, 3.63) is 35.4 Å². The van der Waals surface area contributed by atoms with E-state index in [4.69, 9.17) is 0 Å². The molecule has 0 aromatic heterocycles. The maximum atomic E-state index is 12.4. The summed E-state index contributed by atoms with van der Waals surface area (Å²) in [6.45, 7) is 3.36. The second-order valence-corrected chi connectivity index (χ2v) is 6.31. The van der Waals surface area contributed by atoms with Crippen LogP contribution in [0.1, 0.15) is 43.2 Å². The summed E-state index contributed by atoms with van der Waals surface area (Å²) in [5, 5.41) is 9.92. The van der Waals surface area contributed by atoms with Crippen molar-refractivity contribution in [1.29, 1.82) is 0 Å². The van der Waals surface area contributed by atoms with Crippen molar-refractivity contribution >= 4 is 5.91 Å². The fraction of sp³-hybridized carbons (Fsp3) is 0.588. The van der Waals surface area contributed by atoms with Gasteiger partial charge in [-0.1, -0.05) is 31.2 Å². The molecule has 2 aliphatic rings. The molecule has 1 N–H and O–H groups in total. The van der Waals surface area contributed by atoms with Crippen LogP contribution in [0, 0.1) is 5.92 Å². The third-order valence-electron chi connectivity index (χ3n) is 4.95. The molecule has 3 nitrogen and oxygen atoms in total. The van der Waals surface area contributed by atoms with Gasteiger partial charge in [0.2, 0.25) is 5.91 Å². The number of fused-ring (bicyclic) bond motifs is 1. The number of benzene rings is 1. The number of amides is 1. The number of β-amino-alcohol motifs (C(OH)–C–C–N with tert-alkyl or cyclic N) is 1. The van der Waals surface area contributed by atoms with Gasteiger partial charge in [0.25, 0.3) is 0 Å². The van der Waals surface area contributed by atoms with E-state index in [1.807, 2.05) is 4.90 Å². The molecule has 0 radical (unpaired) electrons. The zero-order valence-electron chi connectivity index (χ0n) is 12.1. The number of carbonyl (C=O) groups is 1. The normalized spacial score (nSPS) is 29.3. The minimum Gasteiger partial charge on any atom is -0.391 e. The summed E-state index contributed by atoms with van der Waals surface area (Å²) >= 11 is 0. The van der Waals surface area contributed by atoms with Crippen LogP contribution in [0.15, 0.2) is 24.3 Å². The minimum atomic E-state index is -0.358. The van der Waals surface area contributed by atoms with Crippen LogP contribution in [0.25, 0.3) is 0 Å². The Morgan fingerprint density at radius 1 is 1.35 bits per heavy atom. The Balaban J connectivity index is 1.63. The Bertz CT molecular complexity index is 500.